The molecule has 2 atom stereocenters. The van der Waals surface area contributed by atoms with Crippen molar-refractivity contribution in [2.45, 2.75) is 46.0 Å². The van der Waals surface area contributed by atoms with E-state index in [4.69, 9.17) is 4.74 Å². The first-order valence-corrected chi connectivity index (χ1v) is 5.37. The monoisotopic (exact) mass is 184 g/mol. The van der Waals surface area contributed by atoms with Gasteiger partial charge in [0, 0.05) is 6.92 Å². The second kappa shape index (κ2) is 5.25. The van der Waals surface area contributed by atoms with Gasteiger partial charge in [-0.25, -0.2) is 0 Å². The van der Waals surface area contributed by atoms with E-state index in [9.17, 15) is 4.79 Å². The Hall–Kier alpha value is -0.530. The summed E-state index contributed by atoms with van der Waals surface area (Å²) < 4.78 is 4.96. The molecule has 0 aromatic heterocycles. The van der Waals surface area contributed by atoms with Gasteiger partial charge in [0.15, 0.2) is 0 Å². The van der Waals surface area contributed by atoms with Crippen molar-refractivity contribution in [3.63, 3.8) is 0 Å². The van der Waals surface area contributed by atoms with Crippen LogP contribution in [0, 0.1) is 11.8 Å². The highest BCUT2D eigenvalue weighted by Crippen LogP contribution is 2.42. The van der Waals surface area contributed by atoms with Crippen molar-refractivity contribution >= 4 is 5.97 Å². The lowest BCUT2D eigenvalue weighted by molar-refractivity contribution is -0.141. The highest BCUT2D eigenvalue weighted by atomic mass is 16.5. The molecule has 0 saturated heterocycles. The van der Waals surface area contributed by atoms with Gasteiger partial charge in [0.1, 0.15) is 0 Å². The zero-order valence-electron chi connectivity index (χ0n) is 8.71. The third-order valence-electron chi connectivity index (χ3n) is 2.75. The van der Waals surface area contributed by atoms with Crippen LogP contribution in [0.4, 0.5) is 0 Å². The van der Waals surface area contributed by atoms with Crippen LogP contribution in [0.2, 0.25) is 0 Å². The van der Waals surface area contributed by atoms with Crippen molar-refractivity contribution in [3.05, 3.63) is 0 Å². The van der Waals surface area contributed by atoms with E-state index in [-0.39, 0.29) is 5.97 Å². The Morgan fingerprint density at radius 1 is 1.38 bits per heavy atom. The first-order chi connectivity index (χ1) is 6.24. The molecule has 1 saturated carbocycles. The van der Waals surface area contributed by atoms with E-state index in [0.29, 0.717) is 12.5 Å². The molecule has 1 aliphatic carbocycles. The largest absolute Gasteiger partial charge is 0.466 e. The minimum atomic E-state index is -0.140. The van der Waals surface area contributed by atoms with Gasteiger partial charge in [-0.3, -0.25) is 4.79 Å². The normalized spacial score (nSPS) is 25.7. The number of hydrogen-bond acceptors (Lipinski definition) is 2. The topological polar surface area (TPSA) is 26.3 Å². The zero-order valence-corrected chi connectivity index (χ0v) is 8.71. The van der Waals surface area contributed by atoms with Gasteiger partial charge >= 0.3 is 5.97 Å². The smallest absolute Gasteiger partial charge is 0.302 e. The second-order valence-electron chi connectivity index (χ2n) is 4.05. The third kappa shape index (κ3) is 4.30. The third-order valence-corrected chi connectivity index (χ3v) is 2.75. The van der Waals surface area contributed by atoms with Gasteiger partial charge in [0.2, 0.25) is 0 Å². The van der Waals surface area contributed by atoms with Gasteiger partial charge in [-0.1, -0.05) is 32.6 Å². The van der Waals surface area contributed by atoms with Crippen LogP contribution >= 0.6 is 0 Å². The van der Waals surface area contributed by atoms with E-state index >= 15 is 0 Å². The van der Waals surface area contributed by atoms with Crippen LogP contribution in [-0.2, 0) is 9.53 Å². The molecule has 0 amide bonds. The lowest BCUT2D eigenvalue weighted by Gasteiger charge is -2.00. The summed E-state index contributed by atoms with van der Waals surface area (Å²) in [5.41, 5.74) is 0. The van der Waals surface area contributed by atoms with Gasteiger partial charge in [-0.2, -0.15) is 0 Å². The van der Waals surface area contributed by atoms with Crippen LogP contribution in [0.1, 0.15) is 46.0 Å². The molecule has 1 aliphatic rings. The van der Waals surface area contributed by atoms with Crippen molar-refractivity contribution in [1.29, 1.82) is 0 Å². The summed E-state index contributed by atoms with van der Waals surface area (Å²) in [4.78, 5) is 10.5. The molecule has 0 aromatic rings. The number of carbonyl (C=O) groups excluding carboxylic acids is 1. The molecule has 0 heterocycles. The van der Waals surface area contributed by atoms with E-state index in [1.54, 1.807) is 0 Å². The Morgan fingerprint density at radius 3 is 2.77 bits per heavy atom. The summed E-state index contributed by atoms with van der Waals surface area (Å²) in [7, 11) is 0. The standard InChI is InChI=1S/C11H20O2/c1-3-4-5-6-10-7-11(10)8-13-9(2)12/h10-11H,3-8H2,1-2H3/t10?,11-/m1/s1. The zero-order chi connectivity index (χ0) is 9.68. The maximum atomic E-state index is 10.5. The van der Waals surface area contributed by atoms with Crippen molar-refractivity contribution in [3.8, 4) is 0 Å². The lowest BCUT2D eigenvalue weighted by atomic mass is 10.1. The molecule has 0 aliphatic heterocycles. The Kier molecular flexibility index (Phi) is 4.26. The average Bonchev–Trinajstić information content (AvgIpc) is 2.81. The summed E-state index contributed by atoms with van der Waals surface area (Å²) in [5.74, 6) is 1.39. The molecular weight excluding hydrogens is 164 g/mol. The van der Waals surface area contributed by atoms with Crippen LogP contribution < -0.4 is 0 Å². The van der Waals surface area contributed by atoms with Crippen molar-refractivity contribution in [1.82, 2.24) is 0 Å². The highest BCUT2D eigenvalue weighted by Gasteiger charge is 2.36. The average molecular weight is 184 g/mol. The fourth-order valence-electron chi connectivity index (χ4n) is 1.75. The number of unbranched alkanes of at least 4 members (excludes halogenated alkanes) is 2. The number of ether oxygens (including phenoxy) is 1. The minimum Gasteiger partial charge on any atom is -0.466 e. The summed E-state index contributed by atoms with van der Waals surface area (Å²) in [6, 6.07) is 0. The van der Waals surface area contributed by atoms with E-state index < -0.39 is 0 Å². The van der Waals surface area contributed by atoms with Gasteiger partial charge < -0.3 is 4.74 Å². The van der Waals surface area contributed by atoms with Gasteiger partial charge in [0.05, 0.1) is 6.61 Å². The van der Waals surface area contributed by atoms with Crippen LogP contribution in [0.15, 0.2) is 0 Å². The Bertz CT molecular complexity index is 165. The Morgan fingerprint density at radius 2 is 2.15 bits per heavy atom. The molecule has 13 heavy (non-hydrogen) atoms. The molecule has 0 N–H and O–H groups in total. The highest BCUT2D eigenvalue weighted by molar-refractivity contribution is 5.65. The van der Waals surface area contributed by atoms with E-state index in [1.807, 2.05) is 0 Å². The van der Waals surface area contributed by atoms with Crippen molar-refractivity contribution < 1.29 is 9.53 Å². The van der Waals surface area contributed by atoms with E-state index in [1.165, 1.54) is 39.0 Å². The van der Waals surface area contributed by atoms with Crippen molar-refractivity contribution in [2.75, 3.05) is 6.61 Å². The van der Waals surface area contributed by atoms with Gasteiger partial charge in [-0.05, 0) is 18.3 Å². The number of esters is 1. The molecule has 0 aromatic carbocycles. The molecular formula is C11H20O2. The van der Waals surface area contributed by atoms with Crippen LogP contribution in [0.5, 0.6) is 0 Å². The summed E-state index contributed by atoms with van der Waals surface area (Å²) in [5, 5.41) is 0. The fraction of sp³-hybridized carbons (Fsp3) is 0.909. The van der Waals surface area contributed by atoms with E-state index in [2.05, 4.69) is 6.92 Å². The lowest BCUT2D eigenvalue weighted by Crippen LogP contribution is -2.03. The first kappa shape index (κ1) is 10.6. The predicted molar refractivity (Wildman–Crippen MR) is 52.4 cm³/mol. The maximum Gasteiger partial charge on any atom is 0.302 e. The maximum absolute atomic E-state index is 10.5. The SMILES string of the molecule is CCCCCC1C[C@@H]1COC(C)=O. The predicted octanol–water partition coefficient (Wildman–Crippen LogP) is 2.77. The fourth-order valence-corrected chi connectivity index (χ4v) is 1.75. The quantitative estimate of drug-likeness (QED) is 0.468. The van der Waals surface area contributed by atoms with Crippen LogP contribution in [0.3, 0.4) is 0 Å². The molecule has 76 valence electrons. The van der Waals surface area contributed by atoms with E-state index in [0.717, 1.165) is 5.92 Å². The molecule has 1 unspecified atom stereocenters. The molecule has 0 radical (unpaired) electrons. The summed E-state index contributed by atoms with van der Waals surface area (Å²) >= 11 is 0. The number of carbonyl (C=O) groups is 1. The molecule has 2 nitrogen and oxygen atoms in total. The summed E-state index contributed by atoms with van der Waals surface area (Å²) in [6.45, 7) is 4.36. The van der Waals surface area contributed by atoms with Crippen LogP contribution in [0.25, 0.3) is 0 Å². The van der Waals surface area contributed by atoms with Crippen molar-refractivity contribution in [2.24, 2.45) is 11.8 Å². The number of hydrogen-bond donors (Lipinski definition) is 0. The number of rotatable bonds is 6. The molecule has 1 fully saturated rings. The Balaban J connectivity index is 1.93. The minimum absolute atomic E-state index is 0.140. The van der Waals surface area contributed by atoms with Gasteiger partial charge in [-0.15, -0.1) is 0 Å². The summed E-state index contributed by atoms with van der Waals surface area (Å²) in [6.07, 6.45) is 6.59. The van der Waals surface area contributed by atoms with Crippen LogP contribution in [-0.4, -0.2) is 12.6 Å². The molecule has 1 rings (SSSR count). The first-order valence-electron chi connectivity index (χ1n) is 5.37. The molecule has 0 bridgehead atoms. The second-order valence-corrected chi connectivity index (χ2v) is 4.05. The Labute approximate surface area is 80.7 Å². The molecule has 2 heteroatoms. The molecule has 0 spiro atoms. The van der Waals surface area contributed by atoms with Gasteiger partial charge in [0.25, 0.3) is 0 Å².